The third-order valence-electron chi connectivity index (χ3n) is 1.69. The Morgan fingerprint density at radius 3 is 2.36 bits per heavy atom. The molecule has 0 atom stereocenters. The third-order valence-corrected chi connectivity index (χ3v) is 1.69. The van der Waals surface area contributed by atoms with Crippen molar-refractivity contribution >= 4 is 0 Å². The van der Waals surface area contributed by atoms with Crippen molar-refractivity contribution in [1.82, 2.24) is 9.97 Å². The monoisotopic (exact) mass is 274 g/mol. The van der Waals surface area contributed by atoms with E-state index in [1.165, 1.54) is 0 Å². The zero-order valence-corrected chi connectivity index (χ0v) is 8.97. The SMILES string of the molecule is Oc1cccnc1-c1ccccn1.[Ru]. The topological polar surface area (TPSA) is 46.0 Å². The van der Waals surface area contributed by atoms with Gasteiger partial charge in [0, 0.05) is 31.9 Å². The van der Waals surface area contributed by atoms with Gasteiger partial charge in [0.2, 0.25) is 0 Å². The molecule has 0 aliphatic rings. The summed E-state index contributed by atoms with van der Waals surface area (Å²) in [4.78, 5) is 8.12. The molecule has 0 unspecified atom stereocenters. The Kier molecular flexibility index (Phi) is 3.72. The zero-order chi connectivity index (χ0) is 9.10. The van der Waals surface area contributed by atoms with E-state index in [1.807, 2.05) is 18.2 Å². The summed E-state index contributed by atoms with van der Waals surface area (Å²) in [6, 6.07) is 8.76. The predicted octanol–water partition coefficient (Wildman–Crippen LogP) is 1.85. The molecule has 4 heteroatoms. The maximum atomic E-state index is 9.46. The molecule has 72 valence electrons. The van der Waals surface area contributed by atoms with E-state index in [2.05, 4.69) is 9.97 Å². The molecule has 0 radical (unpaired) electrons. The first-order valence-corrected chi connectivity index (χ1v) is 3.93. The van der Waals surface area contributed by atoms with Crippen molar-refractivity contribution in [1.29, 1.82) is 0 Å². The summed E-state index contributed by atoms with van der Waals surface area (Å²) in [7, 11) is 0. The van der Waals surface area contributed by atoms with Crippen LogP contribution >= 0.6 is 0 Å². The predicted molar refractivity (Wildman–Crippen MR) is 49.1 cm³/mol. The minimum absolute atomic E-state index is 0. The number of aromatic nitrogens is 2. The van der Waals surface area contributed by atoms with Crippen molar-refractivity contribution in [3.63, 3.8) is 0 Å². The van der Waals surface area contributed by atoms with Gasteiger partial charge in [-0.25, -0.2) is 0 Å². The minimum Gasteiger partial charge on any atom is -0.506 e. The number of hydrogen-bond acceptors (Lipinski definition) is 3. The Hall–Kier alpha value is -1.28. The molecule has 0 amide bonds. The molecular weight excluding hydrogens is 265 g/mol. The van der Waals surface area contributed by atoms with Crippen LogP contribution in [0, 0.1) is 0 Å². The van der Waals surface area contributed by atoms with Crippen LogP contribution in [-0.4, -0.2) is 15.1 Å². The molecule has 2 heterocycles. The summed E-state index contributed by atoms with van der Waals surface area (Å²) in [6.45, 7) is 0. The molecule has 0 aromatic carbocycles. The van der Waals surface area contributed by atoms with Crippen molar-refractivity contribution in [3.05, 3.63) is 42.7 Å². The van der Waals surface area contributed by atoms with Gasteiger partial charge in [0.1, 0.15) is 11.4 Å². The molecule has 0 bridgehead atoms. The van der Waals surface area contributed by atoms with Gasteiger partial charge in [0.25, 0.3) is 0 Å². The van der Waals surface area contributed by atoms with Gasteiger partial charge in [0.15, 0.2) is 0 Å². The quantitative estimate of drug-likeness (QED) is 0.806. The van der Waals surface area contributed by atoms with Crippen LogP contribution in [0.3, 0.4) is 0 Å². The van der Waals surface area contributed by atoms with E-state index in [0.29, 0.717) is 11.4 Å². The first kappa shape index (κ1) is 10.8. The van der Waals surface area contributed by atoms with Crippen molar-refractivity contribution in [2.24, 2.45) is 0 Å². The summed E-state index contributed by atoms with van der Waals surface area (Å²) < 4.78 is 0. The molecule has 2 aromatic rings. The van der Waals surface area contributed by atoms with Gasteiger partial charge in [0.05, 0.1) is 5.69 Å². The fourth-order valence-electron chi connectivity index (χ4n) is 1.10. The second kappa shape index (κ2) is 4.82. The Morgan fingerprint density at radius 1 is 0.929 bits per heavy atom. The van der Waals surface area contributed by atoms with Gasteiger partial charge in [-0.15, -0.1) is 0 Å². The van der Waals surface area contributed by atoms with E-state index < -0.39 is 0 Å². The smallest absolute Gasteiger partial charge is 0.143 e. The second-order valence-electron chi connectivity index (χ2n) is 2.59. The molecule has 3 nitrogen and oxygen atoms in total. The maximum Gasteiger partial charge on any atom is 0.143 e. The molecular formula is C10H8N2ORu. The molecule has 0 spiro atoms. The molecule has 2 rings (SSSR count). The van der Waals surface area contributed by atoms with E-state index in [0.717, 1.165) is 0 Å². The standard InChI is InChI=1S/C10H8N2O.Ru/c13-9-5-3-7-12-10(9)8-4-1-2-6-11-8;/h1-7,13H;. The van der Waals surface area contributed by atoms with Gasteiger partial charge in [-0.1, -0.05) is 6.07 Å². The van der Waals surface area contributed by atoms with Crippen molar-refractivity contribution in [3.8, 4) is 17.1 Å². The minimum atomic E-state index is 0. The molecule has 2 aromatic heterocycles. The number of hydrogen-bond donors (Lipinski definition) is 1. The molecule has 0 aliphatic heterocycles. The van der Waals surface area contributed by atoms with E-state index in [4.69, 9.17) is 0 Å². The van der Waals surface area contributed by atoms with Crippen LogP contribution in [0.1, 0.15) is 0 Å². The fraction of sp³-hybridized carbons (Fsp3) is 0. The van der Waals surface area contributed by atoms with Gasteiger partial charge >= 0.3 is 0 Å². The Morgan fingerprint density at radius 2 is 1.71 bits per heavy atom. The van der Waals surface area contributed by atoms with E-state index in [1.54, 1.807) is 24.5 Å². The molecule has 0 saturated carbocycles. The summed E-state index contributed by atoms with van der Waals surface area (Å²) >= 11 is 0. The van der Waals surface area contributed by atoms with Crippen LogP contribution < -0.4 is 0 Å². The van der Waals surface area contributed by atoms with Gasteiger partial charge in [-0.3, -0.25) is 9.97 Å². The Bertz CT molecular complexity index is 406. The van der Waals surface area contributed by atoms with Crippen LogP contribution in [-0.2, 0) is 19.5 Å². The average Bonchev–Trinajstić information content (AvgIpc) is 2.20. The van der Waals surface area contributed by atoms with Crippen LogP contribution in [0.5, 0.6) is 5.75 Å². The fourth-order valence-corrected chi connectivity index (χ4v) is 1.10. The molecule has 1 N–H and O–H groups in total. The summed E-state index contributed by atoms with van der Waals surface area (Å²) in [5, 5.41) is 9.46. The number of rotatable bonds is 1. The molecule has 0 saturated heterocycles. The van der Waals surface area contributed by atoms with Gasteiger partial charge < -0.3 is 5.11 Å². The number of nitrogens with zero attached hydrogens (tertiary/aromatic N) is 2. The van der Waals surface area contributed by atoms with Crippen LogP contribution in [0.15, 0.2) is 42.7 Å². The van der Waals surface area contributed by atoms with E-state index in [9.17, 15) is 5.11 Å². The Labute approximate surface area is 94.6 Å². The molecule has 0 aliphatic carbocycles. The van der Waals surface area contributed by atoms with Crippen LogP contribution in [0.4, 0.5) is 0 Å². The first-order chi connectivity index (χ1) is 6.38. The van der Waals surface area contributed by atoms with Crippen LogP contribution in [0.25, 0.3) is 11.4 Å². The van der Waals surface area contributed by atoms with Crippen molar-refractivity contribution in [2.75, 3.05) is 0 Å². The largest absolute Gasteiger partial charge is 0.506 e. The van der Waals surface area contributed by atoms with Crippen molar-refractivity contribution < 1.29 is 24.6 Å². The summed E-state index contributed by atoms with van der Waals surface area (Å²) in [5.74, 6) is 0.154. The maximum absolute atomic E-state index is 9.46. The van der Waals surface area contributed by atoms with E-state index in [-0.39, 0.29) is 25.2 Å². The van der Waals surface area contributed by atoms with Gasteiger partial charge in [-0.05, 0) is 24.3 Å². The second-order valence-corrected chi connectivity index (χ2v) is 2.59. The van der Waals surface area contributed by atoms with Gasteiger partial charge in [-0.2, -0.15) is 0 Å². The van der Waals surface area contributed by atoms with E-state index >= 15 is 0 Å². The van der Waals surface area contributed by atoms with Crippen LogP contribution in [0.2, 0.25) is 0 Å². The molecule has 14 heavy (non-hydrogen) atoms. The van der Waals surface area contributed by atoms with Crippen molar-refractivity contribution in [2.45, 2.75) is 0 Å². The number of aromatic hydroxyl groups is 1. The Balaban J connectivity index is 0.000000980. The normalized spacial score (nSPS) is 9.14. The first-order valence-electron chi connectivity index (χ1n) is 3.93. The summed E-state index contributed by atoms with van der Waals surface area (Å²) in [5.41, 5.74) is 1.20. The number of pyridine rings is 2. The average molecular weight is 273 g/mol. The molecule has 0 fully saturated rings. The third kappa shape index (κ3) is 2.15. The zero-order valence-electron chi connectivity index (χ0n) is 7.24. The summed E-state index contributed by atoms with van der Waals surface area (Å²) in [6.07, 6.45) is 3.30.